The molecule has 1 saturated carbocycles. The SMILES string of the molecule is Cc1cc2c3c(c1)N(c1ccc(C(C)(C)C)cc1-c1ccccc1)c1c(ccc4c1sc1cc5c(cc14)C(C)(C)CCC5(C)C)B3N1c3c-2cc(C(C)(C)C)cc3C2(C)CCCCC12C. The zero-order chi connectivity index (χ0) is 45.5. The lowest BCUT2D eigenvalue weighted by atomic mass is 9.42. The van der Waals surface area contributed by atoms with E-state index in [-0.39, 0.29) is 39.5 Å². The molecule has 4 heterocycles. The number of aryl methyl sites for hydroxylation is 1. The van der Waals surface area contributed by atoms with Crippen LogP contribution in [-0.4, -0.2) is 12.4 Å². The molecule has 6 aromatic carbocycles. The Balaban J connectivity index is 1.24. The predicted octanol–water partition coefficient (Wildman–Crippen LogP) is 16.0. The molecule has 0 bridgehead atoms. The van der Waals surface area contributed by atoms with Crippen LogP contribution in [0.25, 0.3) is 42.4 Å². The first-order valence-corrected chi connectivity index (χ1v) is 25.6. The van der Waals surface area contributed by atoms with Crippen molar-refractivity contribution in [3.63, 3.8) is 0 Å². The molecule has 3 aliphatic heterocycles. The lowest BCUT2D eigenvalue weighted by Gasteiger charge is -2.55. The lowest BCUT2D eigenvalue weighted by molar-refractivity contribution is 0.199. The first-order valence-electron chi connectivity index (χ1n) is 24.8. The second kappa shape index (κ2) is 13.2. The van der Waals surface area contributed by atoms with E-state index in [0.717, 1.165) is 0 Å². The molecule has 65 heavy (non-hydrogen) atoms. The van der Waals surface area contributed by atoms with Gasteiger partial charge < -0.3 is 9.71 Å². The number of thiophene rings is 1. The average Bonchev–Trinajstić information content (AvgIpc) is 3.72. The third-order valence-electron chi connectivity index (χ3n) is 17.8. The number of hydrogen-bond acceptors (Lipinski definition) is 3. The van der Waals surface area contributed by atoms with Crippen LogP contribution in [0.15, 0.2) is 97.1 Å². The van der Waals surface area contributed by atoms with Crippen LogP contribution >= 0.6 is 11.3 Å². The number of hydrogen-bond donors (Lipinski definition) is 0. The van der Waals surface area contributed by atoms with Crippen molar-refractivity contribution in [2.75, 3.05) is 9.71 Å². The molecule has 1 fully saturated rings. The Kier molecular flexibility index (Phi) is 8.46. The second-order valence-electron chi connectivity index (χ2n) is 24.8. The van der Waals surface area contributed by atoms with Crippen molar-refractivity contribution >= 4 is 72.0 Å². The topological polar surface area (TPSA) is 6.48 Å². The predicted molar refractivity (Wildman–Crippen MR) is 284 cm³/mol. The molecule has 2 atom stereocenters. The molecule has 1 aromatic heterocycles. The Hall–Kier alpha value is -4.80. The van der Waals surface area contributed by atoms with E-state index >= 15 is 0 Å². The highest BCUT2D eigenvalue weighted by Gasteiger charge is 2.63. The van der Waals surface area contributed by atoms with Gasteiger partial charge in [-0.3, -0.25) is 0 Å². The fourth-order valence-corrected chi connectivity index (χ4v) is 14.9. The fraction of sp³-hybridized carbons (Fsp3) is 0.410. The van der Waals surface area contributed by atoms with Gasteiger partial charge in [0.05, 0.1) is 16.1 Å². The van der Waals surface area contributed by atoms with Crippen molar-refractivity contribution in [1.82, 2.24) is 0 Å². The van der Waals surface area contributed by atoms with Gasteiger partial charge in [-0.15, -0.1) is 11.3 Å². The quantitative estimate of drug-likeness (QED) is 0.160. The summed E-state index contributed by atoms with van der Waals surface area (Å²) in [6, 6.07) is 39.3. The lowest BCUT2D eigenvalue weighted by Crippen LogP contribution is -2.70. The van der Waals surface area contributed by atoms with Crippen LogP contribution in [0.5, 0.6) is 0 Å². The smallest absolute Gasteiger partial charge is 0.328 e. The first kappa shape index (κ1) is 41.6. The van der Waals surface area contributed by atoms with Crippen molar-refractivity contribution in [3.05, 3.63) is 130 Å². The van der Waals surface area contributed by atoms with Gasteiger partial charge in [-0.25, -0.2) is 0 Å². The first-order chi connectivity index (χ1) is 30.6. The Morgan fingerprint density at radius 2 is 1.25 bits per heavy atom. The van der Waals surface area contributed by atoms with Gasteiger partial charge in [-0.1, -0.05) is 150 Å². The van der Waals surface area contributed by atoms with E-state index in [1.165, 1.54) is 137 Å². The number of fused-ring (bicyclic) bond motifs is 12. The standard InChI is InChI=1S/C61H67BN2S/c1-36-29-43-44-32-39(57(5,6)7)33-47-53(44)64(61(13)26-18-17-25-60(47,61)12)62-48-23-22-40-42-34-45-46(59(10,11)28-27-58(45,8)9)35-51(42)65-55(40)54(48)63(50(30-36)52(43)62)49-24-21-38(56(2,3)4)31-41(49)37-19-15-14-16-20-37/h14-16,19-24,29-35H,17-18,25-28H2,1-13H3. The largest absolute Gasteiger partial charge is 0.400 e. The van der Waals surface area contributed by atoms with Crippen LogP contribution in [0.4, 0.5) is 22.7 Å². The maximum Gasteiger partial charge on any atom is 0.328 e. The van der Waals surface area contributed by atoms with Crippen LogP contribution in [0.1, 0.15) is 155 Å². The second-order valence-corrected chi connectivity index (χ2v) is 25.9. The van der Waals surface area contributed by atoms with E-state index in [9.17, 15) is 0 Å². The molecule has 5 aliphatic rings. The number of anilines is 4. The summed E-state index contributed by atoms with van der Waals surface area (Å²) in [6.07, 6.45) is 7.40. The number of nitrogens with zero attached hydrogens (tertiary/aromatic N) is 2. The van der Waals surface area contributed by atoms with Gasteiger partial charge in [0, 0.05) is 48.9 Å². The molecule has 0 amide bonds. The molecule has 0 spiro atoms. The Bertz CT molecular complexity index is 3190. The van der Waals surface area contributed by atoms with Crippen LogP contribution in [0, 0.1) is 6.92 Å². The minimum Gasteiger partial charge on any atom is -0.400 e. The molecular weight excluding hydrogens is 804 g/mol. The molecule has 0 radical (unpaired) electrons. The average molecular weight is 871 g/mol. The Morgan fingerprint density at radius 3 is 1.95 bits per heavy atom. The third-order valence-corrected chi connectivity index (χ3v) is 19.0. The van der Waals surface area contributed by atoms with E-state index in [4.69, 9.17) is 0 Å². The third kappa shape index (κ3) is 5.59. The summed E-state index contributed by atoms with van der Waals surface area (Å²) in [4.78, 5) is 5.78. The van der Waals surface area contributed by atoms with E-state index < -0.39 is 0 Å². The van der Waals surface area contributed by atoms with Crippen molar-refractivity contribution in [2.45, 2.75) is 161 Å². The summed E-state index contributed by atoms with van der Waals surface area (Å²) in [6.45, 7) is 31.9. The van der Waals surface area contributed by atoms with Gasteiger partial charge in [-0.05, 0) is 153 Å². The molecule has 2 aliphatic carbocycles. The van der Waals surface area contributed by atoms with Gasteiger partial charge in [0.2, 0.25) is 0 Å². The Labute approximate surface area is 393 Å². The molecular formula is C61H67BN2S. The zero-order valence-electron chi connectivity index (χ0n) is 41.4. The highest BCUT2D eigenvalue weighted by Crippen LogP contribution is 2.64. The fourth-order valence-electron chi connectivity index (χ4n) is 13.6. The molecule has 2 unspecified atom stereocenters. The van der Waals surface area contributed by atoms with Gasteiger partial charge in [0.25, 0.3) is 0 Å². The molecule has 330 valence electrons. The minimum atomic E-state index is -0.0440. The Morgan fingerprint density at radius 1 is 0.569 bits per heavy atom. The number of rotatable bonds is 2. The highest BCUT2D eigenvalue weighted by atomic mass is 32.1. The maximum absolute atomic E-state index is 3.02. The van der Waals surface area contributed by atoms with E-state index in [0.29, 0.717) is 0 Å². The molecule has 7 aromatic rings. The van der Waals surface area contributed by atoms with Crippen LogP contribution in [0.3, 0.4) is 0 Å². The van der Waals surface area contributed by atoms with E-state index in [1.54, 1.807) is 11.1 Å². The summed E-state index contributed by atoms with van der Waals surface area (Å²) >= 11 is 2.04. The summed E-state index contributed by atoms with van der Waals surface area (Å²) in [5.74, 6) is 0. The summed E-state index contributed by atoms with van der Waals surface area (Å²) < 4.78 is 2.83. The molecule has 0 N–H and O–H groups in total. The van der Waals surface area contributed by atoms with Crippen LogP contribution in [0.2, 0.25) is 0 Å². The van der Waals surface area contributed by atoms with Gasteiger partial charge in [-0.2, -0.15) is 0 Å². The minimum absolute atomic E-state index is 0.00110. The van der Waals surface area contributed by atoms with Crippen molar-refractivity contribution in [2.24, 2.45) is 0 Å². The van der Waals surface area contributed by atoms with E-state index in [2.05, 4.69) is 197 Å². The monoisotopic (exact) mass is 871 g/mol. The van der Waals surface area contributed by atoms with Gasteiger partial charge >= 0.3 is 6.85 Å². The number of benzene rings is 6. The van der Waals surface area contributed by atoms with Crippen molar-refractivity contribution in [3.8, 4) is 22.3 Å². The van der Waals surface area contributed by atoms with Crippen LogP contribution < -0.4 is 20.6 Å². The van der Waals surface area contributed by atoms with Crippen molar-refractivity contribution < 1.29 is 0 Å². The van der Waals surface area contributed by atoms with Gasteiger partial charge in [0.1, 0.15) is 0 Å². The summed E-state index contributed by atoms with van der Waals surface area (Å²) in [5.41, 5.74) is 22.9. The van der Waals surface area contributed by atoms with E-state index in [1.807, 2.05) is 11.3 Å². The summed E-state index contributed by atoms with van der Waals surface area (Å²) in [7, 11) is 0. The molecule has 0 saturated heterocycles. The zero-order valence-corrected chi connectivity index (χ0v) is 42.2. The molecule has 12 rings (SSSR count). The normalized spacial score (nSPS) is 22.4. The maximum atomic E-state index is 3.02. The summed E-state index contributed by atoms with van der Waals surface area (Å²) in [5, 5.41) is 2.81. The highest BCUT2D eigenvalue weighted by molar-refractivity contribution is 7.26. The van der Waals surface area contributed by atoms with Crippen molar-refractivity contribution in [1.29, 1.82) is 0 Å². The van der Waals surface area contributed by atoms with Gasteiger partial charge in [0.15, 0.2) is 0 Å². The molecule has 4 heteroatoms. The molecule has 2 nitrogen and oxygen atoms in total. The van der Waals surface area contributed by atoms with Crippen LogP contribution in [-0.2, 0) is 27.1 Å².